The predicted molar refractivity (Wildman–Crippen MR) is 72.5 cm³/mol. The van der Waals surface area contributed by atoms with Crippen molar-refractivity contribution in [2.45, 2.75) is 20.1 Å². The average molecular weight is 260 g/mol. The Hall–Kier alpha value is -1.94. The fourth-order valence-corrected chi connectivity index (χ4v) is 1.94. The smallest absolute Gasteiger partial charge is 0.141 e. The molecule has 0 amide bonds. The van der Waals surface area contributed by atoms with Crippen LogP contribution in [0.1, 0.15) is 16.7 Å². The van der Waals surface area contributed by atoms with Crippen LogP contribution in [0, 0.1) is 12.7 Å². The van der Waals surface area contributed by atoms with E-state index < -0.39 is 0 Å². The van der Waals surface area contributed by atoms with Crippen LogP contribution in [-0.4, -0.2) is 12.0 Å². The standard InChI is InChI=1S/C15H17FN2O/c1-11-4-3-5-13(8-17-2)15(11)19-10-12-6-14(16)9-18-7-12/h3-7,9,17H,8,10H2,1-2H3. The van der Waals surface area contributed by atoms with Crippen LogP contribution in [0.5, 0.6) is 5.75 Å². The molecule has 1 N–H and O–H groups in total. The molecule has 2 rings (SSSR count). The van der Waals surface area contributed by atoms with Crippen molar-refractivity contribution < 1.29 is 9.13 Å². The highest BCUT2D eigenvalue weighted by atomic mass is 19.1. The molecule has 2 aromatic rings. The van der Waals surface area contributed by atoms with Crippen LogP contribution >= 0.6 is 0 Å². The molecule has 0 saturated carbocycles. The van der Waals surface area contributed by atoms with Gasteiger partial charge in [-0.3, -0.25) is 4.98 Å². The topological polar surface area (TPSA) is 34.1 Å². The van der Waals surface area contributed by atoms with Crippen LogP contribution in [0.4, 0.5) is 4.39 Å². The Morgan fingerprint density at radius 2 is 2.16 bits per heavy atom. The summed E-state index contributed by atoms with van der Waals surface area (Å²) in [5, 5.41) is 3.11. The normalized spacial score (nSPS) is 10.5. The molecule has 0 aliphatic rings. The van der Waals surface area contributed by atoms with Gasteiger partial charge in [0, 0.05) is 23.9 Å². The number of ether oxygens (including phenoxy) is 1. The number of nitrogens with one attached hydrogen (secondary N) is 1. The van der Waals surface area contributed by atoms with Crippen molar-refractivity contribution in [3.8, 4) is 5.75 Å². The number of aryl methyl sites for hydroxylation is 1. The SMILES string of the molecule is CNCc1cccc(C)c1OCc1cncc(F)c1. The first-order chi connectivity index (χ1) is 9.20. The van der Waals surface area contributed by atoms with Gasteiger partial charge in [0.2, 0.25) is 0 Å². The lowest BCUT2D eigenvalue weighted by Gasteiger charge is -2.14. The number of nitrogens with zero attached hydrogens (tertiary/aromatic N) is 1. The van der Waals surface area contributed by atoms with Gasteiger partial charge in [0.05, 0.1) is 6.20 Å². The number of halogens is 1. The number of pyridine rings is 1. The zero-order valence-electron chi connectivity index (χ0n) is 11.1. The monoisotopic (exact) mass is 260 g/mol. The Morgan fingerprint density at radius 3 is 2.89 bits per heavy atom. The van der Waals surface area contributed by atoms with E-state index in [1.165, 1.54) is 12.3 Å². The summed E-state index contributed by atoms with van der Waals surface area (Å²) in [5.74, 6) is 0.502. The van der Waals surface area contributed by atoms with Gasteiger partial charge in [-0.1, -0.05) is 18.2 Å². The molecule has 0 atom stereocenters. The maximum atomic E-state index is 13.0. The molecule has 0 aliphatic carbocycles. The van der Waals surface area contributed by atoms with E-state index in [-0.39, 0.29) is 5.82 Å². The largest absolute Gasteiger partial charge is 0.488 e. The third kappa shape index (κ3) is 3.51. The quantitative estimate of drug-likeness (QED) is 0.897. The highest BCUT2D eigenvalue weighted by Crippen LogP contribution is 2.24. The summed E-state index contributed by atoms with van der Waals surface area (Å²) in [7, 11) is 1.89. The van der Waals surface area contributed by atoms with Gasteiger partial charge in [-0.25, -0.2) is 4.39 Å². The molecule has 0 unspecified atom stereocenters. The minimum absolute atomic E-state index is 0.312. The van der Waals surface area contributed by atoms with Crippen molar-refractivity contribution >= 4 is 0 Å². The summed E-state index contributed by atoms with van der Waals surface area (Å²) in [6, 6.07) is 7.45. The fraction of sp³-hybridized carbons (Fsp3) is 0.267. The lowest BCUT2D eigenvalue weighted by Crippen LogP contribution is -2.08. The lowest BCUT2D eigenvalue weighted by molar-refractivity contribution is 0.299. The maximum absolute atomic E-state index is 13.0. The van der Waals surface area contributed by atoms with E-state index in [9.17, 15) is 4.39 Å². The van der Waals surface area contributed by atoms with Crippen LogP contribution in [0.3, 0.4) is 0 Å². The Balaban J connectivity index is 2.14. The summed E-state index contributed by atoms with van der Waals surface area (Å²) >= 11 is 0. The maximum Gasteiger partial charge on any atom is 0.141 e. The first-order valence-electron chi connectivity index (χ1n) is 6.16. The van der Waals surface area contributed by atoms with Crippen molar-refractivity contribution in [3.63, 3.8) is 0 Å². The highest BCUT2D eigenvalue weighted by molar-refractivity contribution is 5.40. The van der Waals surface area contributed by atoms with Gasteiger partial charge in [0.15, 0.2) is 0 Å². The van der Waals surface area contributed by atoms with Crippen LogP contribution in [0.2, 0.25) is 0 Å². The predicted octanol–water partition coefficient (Wildman–Crippen LogP) is 2.83. The molecule has 0 fully saturated rings. The Labute approximate surface area is 112 Å². The average Bonchev–Trinajstić information content (AvgIpc) is 2.38. The highest BCUT2D eigenvalue weighted by Gasteiger charge is 2.07. The second kappa shape index (κ2) is 6.29. The molecule has 19 heavy (non-hydrogen) atoms. The van der Waals surface area contributed by atoms with E-state index in [4.69, 9.17) is 4.74 Å². The molecule has 0 spiro atoms. The summed E-state index contributed by atoms with van der Waals surface area (Å²) in [6.45, 7) is 3.04. The molecule has 0 radical (unpaired) electrons. The van der Waals surface area contributed by atoms with Crippen molar-refractivity contribution in [3.05, 3.63) is 59.2 Å². The first-order valence-corrected chi connectivity index (χ1v) is 6.16. The van der Waals surface area contributed by atoms with Crippen molar-refractivity contribution in [2.24, 2.45) is 0 Å². The van der Waals surface area contributed by atoms with Gasteiger partial charge in [0.25, 0.3) is 0 Å². The van der Waals surface area contributed by atoms with E-state index in [2.05, 4.69) is 10.3 Å². The van der Waals surface area contributed by atoms with Gasteiger partial charge < -0.3 is 10.1 Å². The van der Waals surface area contributed by atoms with Gasteiger partial charge in [-0.15, -0.1) is 0 Å². The molecule has 1 heterocycles. The van der Waals surface area contributed by atoms with Crippen LogP contribution in [0.15, 0.2) is 36.7 Å². The number of aromatic nitrogens is 1. The van der Waals surface area contributed by atoms with Crippen LogP contribution in [0.25, 0.3) is 0 Å². The van der Waals surface area contributed by atoms with Crippen molar-refractivity contribution in [1.29, 1.82) is 0 Å². The van der Waals surface area contributed by atoms with Crippen LogP contribution in [-0.2, 0) is 13.2 Å². The summed E-state index contributed by atoms with van der Waals surface area (Å²) in [6.07, 6.45) is 2.79. The van der Waals surface area contributed by atoms with Gasteiger partial charge in [-0.2, -0.15) is 0 Å². The second-order valence-electron chi connectivity index (χ2n) is 4.39. The molecule has 0 saturated heterocycles. The minimum atomic E-state index is -0.346. The molecule has 100 valence electrons. The molecule has 3 nitrogen and oxygen atoms in total. The molecule has 0 bridgehead atoms. The number of rotatable bonds is 5. The molecular weight excluding hydrogens is 243 g/mol. The van der Waals surface area contributed by atoms with E-state index in [1.54, 1.807) is 6.20 Å². The minimum Gasteiger partial charge on any atom is -0.488 e. The Morgan fingerprint density at radius 1 is 1.32 bits per heavy atom. The third-order valence-corrected chi connectivity index (χ3v) is 2.81. The Bertz CT molecular complexity index is 558. The van der Waals surface area contributed by atoms with Gasteiger partial charge >= 0.3 is 0 Å². The van der Waals surface area contributed by atoms with Gasteiger partial charge in [0.1, 0.15) is 18.2 Å². The molecule has 0 aliphatic heterocycles. The zero-order valence-corrected chi connectivity index (χ0v) is 11.1. The van der Waals surface area contributed by atoms with Gasteiger partial charge in [-0.05, 0) is 25.6 Å². The first kappa shape index (κ1) is 13.5. The summed E-state index contributed by atoms with van der Waals surface area (Å²) in [5.41, 5.74) is 2.88. The van der Waals surface area contributed by atoms with E-state index >= 15 is 0 Å². The number of para-hydroxylation sites is 1. The molecule has 4 heteroatoms. The lowest BCUT2D eigenvalue weighted by atomic mass is 10.1. The van der Waals surface area contributed by atoms with Crippen LogP contribution < -0.4 is 10.1 Å². The van der Waals surface area contributed by atoms with Crippen molar-refractivity contribution in [1.82, 2.24) is 10.3 Å². The number of benzene rings is 1. The number of hydrogen-bond acceptors (Lipinski definition) is 3. The van der Waals surface area contributed by atoms with E-state index in [1.807, 2.05) is 32.2 Å². The van der Waals surface area contributed by atoms with Crippen molar-refractivity contribution in [2.75, 3.05) is 7.05 Å². The molecular formula is C15H17FN2O. The zero-order chi connectivity index (χ0) is 13.7. The Kier molecular flexibility index (Phi) is 4.47. The third-order valence-electron chi connectivity index (χ3n) is 2.81. The van der Waals surface area contributed by atoms with E-state index in [0.29, 0.717) is 6.61 Å². The number of hydrogen-bond donors (Lipinski definition) is 1. The second-order valence-corrected chi connectivity index (χ2v) is 4.39. The molecule has 1 aromatic carbocycles. The van der Waals surface area contributed by atoms with E-state index in [0.717, 1.165) is 29.0 Å². The summed E-state index contributed by atoms with van der Waals surface area (Å²) < 4.78 is 18.9. The molecule has 1 aromatic heterocycles. The summed E-state index contributed by atoms with van der Waals surface area (Å²) in [4.78, 5) is 3.81. The fourth-order valence-electron chi connectivity index (χ4n) is 1.94.